The summed E-state index contributed by atoms with van der Waals surface area (Å²) in [6.45, 7) is 0. The number of nitrogens with zero attached hydrogens (tertiary/aromatic N) is 4. The lowest BCUT2D eigenvalue weighted by Crippen LogP contribution is -2.05. The number of benzene rings is 2. The fourth-order valence-electron chi connectivity index (χ4n) is 2.83. The van der Waals surface area contributed by atoms with E-state index in [2.05, 4.69) is 9.98 Å². The van der Waals surface area contributed by atoms with Gasteiger partial charge in [-0.05, 0) is 53.7 Å². The van der Waals surface area contributed by atoms with Crippen LogP contribution in [0.5, 0.6) is 5.75 Å². The number of aryl methyl sites for hydroxylation is 1. The van der Waals surface area contributed by atoms with E-state index in [-0.39, 0.29) is 17.3 Å². The second-order valence-corrected chi connectivity index (χ2v) is 7.48. The molecule has 0 radical (unpaired) electrons. The Hall–Kier alpha value is -3.92. The Morgan fingerprint density at radius 2 is 2.00 bits per heavy atom. The van der Waals surface area contributed by atoms with Crippen LogP contribution >= 0.6 is 11.8 Å². The molecule has 2 aromatic carbocycles. The Morgan fingerprint density at radius 1 is 1.23 bits per heavy atom. The summed E-state index contributed by atoms with van der Waals surface area (Å²) in [4.78, 5) is 32.2. The molecule has 0 bridgehead atoms. The molecular formula is C21H16N4O5S. The van der Waals surface area contributed by atoms with Crippen LogP contribution in [0, 0.1) is 10.1 Å². The second kappa shape index (κ2) is 8.44. The molecule has 4 rings (SSSR count). The molecule has 0 aliphatic carbocycles. The second-order valence-electron chi connectivity index (χ2n) is 6.47. The lowest BCUT2D eigenvalue weighted by molar-refractivity contribution is -0.387. The minimum absolute atomic E-state index is 0.0598. The Labute approximate surface area is 181 Å². The summed E-state index contributed by atoms with van der Waals surface area (Å²) >= 11 is 1.19. The molecule has 9 nitrogen and oxygen atoms in total. The predicted molar refractivity (Wildman–Crippen MR) is 114 cm³/mol. The fourth-order valence-corrected chi connectivity index (χ4v) is 3.72. The molecule has 0 saturated heterocycles. The van der Waals surface area contributed by atoms with Gasteiger partial charge in [-0.3, -0.25) is 10.1 Å². The maximum absolute atomic E-state index is 12.2. The molecule has 0 atom stereocenters. The molecule has 0 fully saturated rings. The number of nitro groups is 1. The van der Waals surface area contributed by atoms with E-state index in [1.54, 1.807) is 60.5 Å². The Morgan fingerprint density at radius 3 is 2.65 bits per heavy atom. The van der Waals surface area contributed by atoms with Crippen molar-refractivity contribution < 1.29 is 19.2 Å². The van der Waals surface area contributed by atoms with Crippen LogP contribution in [0.4, 0.5) is 5.69 Å². The van der Waals surface area contributed by atoms with Crippen LogP contribution in [0.3, 0.4) is 0 Å². The maximum Gasteiger partial charge on any atom is 0.363 e. The first kappa shape index (κ1) is 20.4. The summed E-state index contributed by atoms with van der Waals surface area (Å²) in [6.07, 6.45) is 4.84. The number of ether oxygens (including phenoxy) is 2. The average Bonchev–Trinajstić information content (AvgIpc) is 3.34. The van der Waals surface area contributed by atoms with E-state index in [1.807, 2.05) is 7.05 Å². The van der Waals surface area contributed by atoms with Crippen molar-refractivity contribution in [3.63, 3.8) is 0 Å². The largest absolute Gasteiger partial charge is 0.497 e. The zero-order valence-corrected chi connectivity index (χ0v) is 17.3. The highest BCUT2D eigenvalue weighted by molar-refractivity contribution is 7.99. The van der Waals surface area contributed by atoms with Crippen LogP contribution in [-0.4, -0.2) is 33.5 Å². The van der Waals surface area contributed by atoms with Gasteiger partial charge in [-0.1, -0.05) is 6.07 Å². The van der Waals surface area contributed by atoms with Gasteiger partial charge < -0.3 is 14.0 Å². The number of esters is 1. The van der Waals surface area contributed by atoms with Crippen LogP contribution in [-0.2, 0) is 16.6 Å². The number of rotatable bonds is 6. The summed E-state index contributed by atoms with van der Waals surface area (Å²) in [5.41, 5.74) is 1.05. The van der Waals surface area contributed by atoms with Gasteiger partial charge in [0, 0.05) is 31.1 Å². The number of hydrogen-bond acceptors (Lipinski definition) is 8. The van der Waals surface area contributed by atoms with Crippen LogP contribution < -0.4 is 4.74 Å². The van der Waals surface area contributed by atoms with Gasteiger partial charge in [0.2, 0.25) is 5.90 Å². The van der Waals surface area contributed by atoms with Crippen LogP contribution in [0.15, 0.2) is 75.6 Å². The molecule has 156 valence electrons. The van der Waals surface area contributed by atoms with Crippen LogP contribution in [0.25, 0.3) is 6.08 Å². The molecule has 31 heavy (non-hydrogen) atoms. The summed E-state index contributed by atoms with van der Waals surface area (Å²) < 4.78 is 12.1. The zero-order valence-electron chi connectivity index (χ0n) is 16.5. The number of carbonyl (C=O) groups is 1. The van der Waals surface area contributed by atoms with Crippen LogP contribution in [0.1, 0.15) is 11.1 Å². The molecule has 0 amide bonds. The van der Waals surface area contributed by atoms with E-state index >= 15 is 0 Å². The van der Waals surface area contributed by atoms with Gasteiger partial charge in [-0.15, -0.1) is 0 Å². The van der Waals surface area contributed by atoms with Crippen molar-refractivity contribution in [1.29, 1.82) is 0 Å². The van der Waals surface area contributed by atoms with E-state index in [0.717, 1.165) is 0 Å². The highest BCUT2D eigenvalue weighted by Crippen LogP contribution is 2.35. The molecular weight excluding hydrogens is 420 g/mol. The molecule has 0 unspecified atom stereocenters. The van der Waals surface area contributed by atoms with Gasteiger partial charge in [0.05, 0.1) is 16.9 Å². The first-order chi connectivity index (χ1) is 14.9. The number of methoxy groups -OCH3 is 1. The number of aliphatic imine (C=N–C) groups is 1. The van der Waals surface area contributed by atoms with E-state index in [1.165, 1.54) is 23.9 Å². The lowest BCUT2D eigenvalue weighted by atomic mass is 10.1. The monoisotopic (exact) mass is 436 g/mol. The van der Waals surface area contributed by atoms with Gasteiger partial charge in [0.25, 0.3) is 5.69 Å². The van der Waals surface area contributed by atoms with E-state index < -0.39 is 10.9 Å². The number of carbonyl (C=O) groups excluding carboxylic acids is 1. The summed E-state index contributed by atoms with van der Waals surface area (Å²) in [5, 5.41) is 12.2. The normalized spacial score (nSPS) is 14.5. The Balaban J connectivity index is 1.63. The number of aromatic nitrogens is 2. The van der Waals surface area contributed by atoms with Gasteiger partial charge in [0.1, 0.15) is 5.75 Å². The third-order valence-electron chi connectivity index (χ3n) is 4.42. The standard InChI is InChI=1S/C21H16N4O5S/c1-24-10-9-22-21(24)31-18-8-3-13(12-17(18)25(27)28)11-16-20(26)30-19(23-16)14-4-6-15(29-2)7-5-14/h3-12H,1-2H3/b16-11+. The molecule has 0 spiro atoms. The number of cyclic esters (lactones) is 1. The van der Waals surface area contributed by atoms with Crippen molar-refractivity contribution in [1.82, 2.24) is 9.55 Å². The first-order valence-corrected chi connectivity index (χ1v) is 9.87. The van der Waals surface area contributed by atoms with Gasteiger partial charge in [-0.25, -0.2) is 14.8 Å². The van der Waals surface area contributed by atoms with Crippen molar-refractivity contribution in [3.05, 3.63) is 81.8 Å². The van der Waals surface area contributed by atoms with Crippen molar-refractivity contribution in [2.45, 2.75) is 10.1 Å². The number of imidazole rings is 1. The first-order valence-electron chi connectivity index (χ1n) is 9.05. The van der Waals surface area contributed by atoms with E-state index in [9.17, 15) is 14.9 Å². The Bertz CT molecular complexity index is 1230. The number of nitro benzene ring substituents is 1. The van der Waals surface area contributed by atoms with Crippen LogP contribution in [0.2, 0.25) is 0 Å². The zero-order chi connectivity index (χ0) is 22.0. The van der Waals surface area contributed by atoms with E-state index in [0.29, 0.717) is 26.9 Å². The molecule has 1 aromatic heterocycles. The third-order valence-corrected chi connectivity index (χ3v) is 5.56. The highest BCUT2D eigenvalue weighted by Gasteiger charge is 2.25. The van der Waals surface area contributed by atoms with E-state index in [4.69, 9.17) is 9.47 Å². The Kier molecular flexibility index (Phi) is 5.54. The lowest BCUT2D eigenvalue weighted by Gasteiger charge is -2.04. The topological polar surface area (TPSA) is 109 Å². The van der Waals surface area contributed by atoms with Crippen molar-refractivity contribution in [2.75, 3.05) is 7.11 Å². The van der Waals surface area contributed by atoms with Gasteiger partial charge in [-0.2, -0.15) is 0 Å². The molecule has 0 N–H and O–H groups in total. The summed E-state index contributed by atoms with van der Waals surface area (Å²) in [5.74, 6) is 0.204. The molecule has 1 aliphatic rings. The van der Waals surface area contributed by atoms with Crippen molar-refractivity contribution in [2.24, 2.45) is 12.0 Å². The maximum atomic E-state index is 12.2. The molecule has 2 heterocycles. The minimum atomic E-state index is -0.625. The SMILES string of the molecule is COc1ccc(C2=N/C(=C/c3ccc(Sc4nccn4C)c([N+](=O)[O-])c3)C(=O)O2)cc1. The van der Waals surface area contributed by atoms with Crippen molar-refractivity contribution in [3.8, 4) is 5.75 Å². The molecule has 1 aliphatic heterocycles. The predicted octanol–water partition coefficient (Wildman–Crippen LogP) is 3.83. The molecule has 10 heteroatoms. The summed E-state index contributed by atoms with van der Waals surface area (Å²) in [6, 6.07) is 11.6. The number of hydrogen-bond donors (Lipinski definition) is 0. The minimum Gasteiger partial charge on any atom is -0.497 e. The molecule has 0 saturated carbocycles. The quantitative estimate of drug-likeness (QED) is 0.250. The van der Waals surface area contributed by atoms with Crippen molar-refractivity contribution >= 4 is 35.4 Å². The molecule has 3 aromatic rings. The summed E-state index contributed by atoms with van der Waals surface area (Å²) in [7, 11) is 3.37. The third kappa shape index (κ3) is 4.33. The van der Waals surface area contributed by atoms with Gasteiger partial charge >= 0.3 is 5.97 Å². The fraction of sp³-hybridized carbons (Fsp3) is 0.0952. The van der Waals surface area contributed by atoms with Gasteiger partial charge in [0.15, 0.2) is 10.9 Å². The highest BCUT2D eigenvalue weighted by atomic mass is 32.2. The average molecular weight is 436 g/mol. The smallest absolute Gasteiger partial charge is 0.363 e.